The number of amides is 1. The molecule has 136 valence electrons. The zero-order valence-electron chi connectivity index (χ0n) is 14.9. The fraction of sp³-hybridized carbons (Fsp3) is 0.381. The molecule has 3 aromatic rings. The van der Waals surface area contributed by atoms with E-state index in [9.17, 15) is 9.90 Å². The molecule has 0 radical (unpaired) electrons. The van der Waals surface area contributed by atoms with Crippen molar-refractivity contribution in [3.05, 3.63) is 58.4 Å². The number of aliphatic hydroxyl groups is 1. The third kappa shape index (κ3) is 2.85. The molecule has 1 aromatic carbocycles. The second-order valence-corrected chi connectivity index (χ2v) is 8.15. The summed E-state index contributed by atoms with van der Waals surface area (Å²) < 4.78 is 2.01. The number of carbonyl (C=O) groups is 1. The zero-order chi connectivity index (χ0) is 18.1. The first-order valence-corrected chi connectivity index (χ1v) is 10.0. The number of benzene rings is 1. The number of nitrogens with one attached hydrogen (secondary N) is 1. The van der Waals surface area contributed by atoms with Crippen LogP contribution in [0.3, 0.4) is 0 Å². The maximum Gasteiger partial charge on any atom is 0.231 e. The lowest BCUT2D eigenvalue weighted by Crippen LogP contribution is -2.43. The second-order valence-electron chi connectivity index (χ2n) is 7.20. The van der Waals surface area contributed by atoms with Crippen molar-refractivity contribution in [3.63, 3.8) is 0 Å². The number of rotatable bonds is 5. The van der Waals surface area contributed by atoms with Gasteiger partial charge < -0.3 is 15.0 Å². The minimum atomic E-state index is -0.716. The molecule has 1 fully saturated rings. The lowest BCUT2D eigenvalue weighted by atomic mass is 9.83. The normalized spacial score (nSPS) is 17.5. The molecule has 4 rings (SSSR count). The molecule has 0 spiro atoms. The largest absolute Gasteiger partial charge is 0.386 e. The molecular weight excluding hydrogens is 344 g/mol. The van der Waals surface area contributed by atoms with Gasteiger partial charge >= 0.3 is 0 Å². The van der Waals surface area contributed by atoms with Crippen LogP contribution in [-0.2, 0) is 17.3 Å². The highest BCUT2D eigenvalue weighted by molar-refractivity contribution is 7.10. The zero-order valence-corrected chi connectivity index (χ0v) is 15.8. The molecule has 0 bridgehead atoms. The quantitative estimate of drug-likeness (QED) is 0.718. The predicted molar refractivity (Wildman–Crippen MR) is 105 cm³/mol. The Kier molecular flexibility index (Phi) is 4.59. The van der Waals surface area contributed by atoms with Crippen LogP contribution in [0, 0.1) is 0 Å². The second kappa shape index (κ2) is 6.89. The van der Waals surface area contributed by atoms with E-state index in [-0.39, 0.29) is 12.5 Å². The van der Waals surface area contributed by atoms with Crippen molar-refractivity contribution in [2.45, 2.75) is 37.2 Å². The van der Waals surface area contributed by atoms with Crippen LogP contribution < -0.4 is 5.32 Å². The summed E-state index contributed by atoms with van der Waals surface area (Å²) in [6.07, 6.45) is 5.18. The molecule has 4 nitrogen and oxygen atoms in total. The van der Waals surface area contributed by atoms with Gasteiger partial charge in [0.05, 0.1) is 11.5 Å². The topological polar surface area (TPSA) is 54.3 Å². The van der Waals surface area contributed by atoms with Gasteiger partial charge in [0.2, 0.25) is 5.91 Å². The summed E-state index contributed by atoms with van der Waals surface area (Å²) in [5.41, 5.74) is 1.53. The van der Waals surface area contributed by atoms with Gasteiger partial charge in [-0.05, 0) is 30.4 Å². The maximum absolute atomic E-state index is 13.0. The van der Waals surface area contributed by atoms with Gasteiger partial charge in [-0.15, -0.1) is 11.3 Å². The van der Waals surface area contributed by atoms with Crippen molar-refractivity contribution in [2.24, 2.45) is 7.05 Å². The molecule has 0 saturated heterocycles. The maximum atomic E-state index is 13.0. The van der Waals surface area contributed by atoms with E-state index in [1.54, 1.807) is 11.3 Å². The molecule has 1 saturated carbocycles. The molecule has 1 aliphatic rings. The Balaban J connectivity index is 1.52. The molecular formula is C21H24N2O2S. The summed E-state index contributed by atoms with van der Waals surface area (Å²) in [5.74, 6) is 0.0525. The lowest BCUT2D eigenvalue weighted by Gasteiger charge is -2.27. The van der Waals surface area contributed by atoms with E-state index in [0.29, 0.717) is 0 Å². The molecule has 2 aromatic heterocycles. The summed E-state index contributed by atoms with van der Waals surface area (Å²) in [7, 11) is 1.97. The summed E-state index contributed by atoms with van der Waals surface area (Å²) in [4.78, 5) is 14.2. The van der Waals surface area contributed by atoms with Crippen molar-refractivity contribution < 1.29 is 9.90 Å². The lowest BCUT2D eigenvalue weighted by molar-refractivity contribution is -0.127. The highest BCUT2D eigenvalue weighted by atomic mass is 32.1. The molecule has 1 atom stereocenters. The number of carbonyl (C=O) groups excluding carboxylic acids is 1. The number of thiophene rings is 1. The monoisotopic (exact) mass is 368 g/mol. The summed E-state index contributed by atoms with van der Waals surface area (Å²) >= 11 is 1.66. The first kappa shape index (κ1) is 17.3. The van der Waals surface area contributed by atoms with E-state index < -0.39 is 11.5 Å². The predicted octanol–water partition coefficient (Wildman–Crippen LogP) is 3.90. The van der Waals surface area contributed by atoms with Gasteiger partial charge in [-0.1, -0.05) is 37.1 Å². The molecule has 2 heterocycles. The Bertz CT molecular complexity index is 907. The molecule has 26 heavy (non-hydrogen) atoms. The van der Waals surface area contributed by atoms with E-state index in [1.165, 1.54) is 0 Å². The van der Waals surface area contributed by atoms with Crippen molar-refractivity contribution in [2.75, 3.05) is 6.54 Å². The van der Waals surface area contributed by atoms with Gasteiger partial charge in [-0.2, -0.15) is 0 Å². The average Bonchev–Trinajstić information content (AvgIpc) is 3.40. The molecule has 5 heteroatoms. The first-order chi connectivity index (χ1) is 12.6. The Hall–Kier alpha value is -2.11. The molecule has 1 amide bonds. The van der Waals surface area contributed by atoms with E-state index in [0.717, 1.165) is 47.0 Å². The SMILES string of the molecule is Cn1cc(C(O)CNC(=O)C2(c3cccs3)CCCC2)c2ccccc21. The number of aromatic nitrogens is 1. The Morgan fingerprint density at radius 1 is 1.27 bits per heavy atom. The van der Waals surface area contributed by atoms with Gasteiger partial charge in [0.1, 0.15) is 0 Å². The van der Waals surface area contributed by atoms with Crippen LogP contribution in [-0.4, -0.2) is 22.1 Å². The number of nitrogens with zero attached hydrogens (tertiary/aromatic N) is 1. The van der Waals surface area contributed by atoms with Crippen LogP contribution in [0.1, 0.15) is 42.2 Å². The third-order valence-electron chi connectivity index (χ3n) is 5.63. The minimum Gasteiger partial charge on any atom is -0.386 e. The molecule has 2 N–H and O–H groups in total. The smallest absolute Gasteiger partial charge is 0.231 e. The third-order valence-corrected chi connectivity index (χ3v) is 6.70. The van der Waals surface area contributed by atoms with E-state index in [4.69, 9.17) is 0 Å². The number of hydrogen-bond donors (Lipinski definition) is 2. The van der Waals surface area contributed by atoms with Crippen molar-refractivity contribution >= 4 is 28.1 Å². The number of aryl methyl sites for hydroxylation is 1. The average molecular weight is 369 g/mol. The van der Waals surface area contributed by atoms with E-state index >= 15 is 0 Å². The number of hydrogen-bond acceptors (Lipinski definition) is 3. The highest BCUT2D eigenvalue weighted by Gasteiger charge is 2.43. The number of aliphatic hydroxyl groups excluding tert-OH is 1. The van der Waals surface area contributed by atoms with Crippen LogP contribution in [0.25, 0.3) is 10.9 Å². The van der Waals surface area contributed by atoms with Crippen molar-refractivity contribution in [1.82, 2.24) is 9.88 Å². The number of para-hydroxylation sites is 1. The van der Waals surface area contributed by atoms with Gasteiger partial charge in [0, 0.05) is 41.1 Å². The van der Waals surface area contributed by atoms with Crippen LogP contribution >= 0.6 is 11.3 Å². The van der Waals surface area contributed by atoms with Gasteiger partial charge in [0.25, 0.3) is 0 Å². The fourth-order valence-corrected chi connectivity index (χ4v) is 5.21. The van der Waals surface area contributed by atoms with Gasteiger partial charge in [-0.25, -0.2) is 0 Å². The first-order valence-electron chi connectivity index (χ1n) is 9.16. The Labute approximate surface area is 157 Å². The van der Waals surface area contributed by atoms with Crippen LogP contribution in [0.5, 0.6) is 0 Å². The van der Waals surface area contributed by atoms with Crippen LogP contribution in [0.4, 0.5) is 0 Å². The molecule has 1 unspecified atom stereocenters. The van der Waals surface area contributed by atoms with Crippen molar-refractivity contribution in [3.8, 4) is 0 Å². The standard InChI is InChI=1S/C21H24N2O2S/c1-23-14-16(15-7-2-3-8-17(15)23)18(24)13-22-20(25)21(10-4-5-11-21)19-9-6-12-26-19/h2-3,6-9,12,14,18,24H,4-5,10-11,13H2,1H3,(H,22,25). The summed E-state index contributed by atoms with van der Waals surface area (Å²) in [6, 6.07) is 12.1. The molecule has 1 aliphatic carbocycles. The highest BCUT2D eigenvalue weighted by Crippen LogP contribution is 2.43. The van der Waals surface area contributed by atoms with E-state index in [2.05, 4.69) is 11.4 Å². The summed E-state index contributed by atoms with van der Waals surface area (Å²) in [6.45, 7) is 0.236. The van der Waals surface area contributed by atoms with Gasteiger partial charge in [0.15, 0.2) is 0 Å². The Morgan fingerprint density at radius 3 is 2.77 bits per heavy atom. The summed E-state index contributed by atoms with van der Waals surface area (Å²) in [5, 5.41) is 16.8. The van der Waals surface area contributed by atoms with E-state index in [1.807, 2.05) is 53.5 Å². The number of fused-ring (bicyclic) bond motifs is 1. The van der Waals surface area contributed by atoms with Crippen molar-refractivity contribution in [1.29, 1.82) is 0 Å². The van der Waals surface area contributed by atoms with Crippen LogP contribution in [0.2, 0.25) is 0 Å². The fourth-order valence-electron chi connectivity index (χ4n) is 4.22. The Morgan fingerprint density at radius 2 is 2.04 bits per heavy atom. The van der Waals surface area contributed by atoms with Gasteiger partial charge in [-0.3, -0.25) is 4.79 Å². The minimum absolute atomic E-state index is 0.0525. The van der Waals surface area contributed by atoms with Crippen LogP contribution in [0.15, 0.2) is 48.0 Å². The molecule has 0 aliphatic heterocycles.